The molecule has 20 nitrogen and oxygen atoms in total. The van der Waals surface area contributed by atoms with Gasteiger partial charge in [-0.15, -0.1) is 51.0 Å². The average molecular weight is 1100 g/mol. The number of nitrogens with one attached hydrogen (secondary N) is 3. The number of nitrogens with zero attached hydrogens (tertiary/aromatic N) is 16. The van der Waals surface area contributed by atoms with Crippen LogP contribution in [0.4, 0.5) is 11.6 Å². The Labute approximate surface area is 468 Å². The highest BCUT2D eigenvalue weighted by Gasteiger charge is 2.10. The molecular weight excluding hydrogens is 1040 g/mol. The van der Waals surface area contributed by atoms with Crippen LogP contribution in [0.5, 0.6) is 0 Å². The van der Waals surface area contributed by atoms with Gasteiger partial charge in [0.15, 0.2) is 45.9 Å². The van der Waals surface area contributed by atoms with Crippen LogP contribution in [-0.4, -0.2) is 86.3 Å². The molecule has 8 aromatic heterocycles. The summed E-state index contributed by atoms with van der Waals surface area (Å²) in [5.74, 6) is 4.67. The molecule has 406 valence electrons. The minimum atomic E-state index is 0.159. The zero-order valence-electron chi connectivity index (χ0n) is 45.5. The van der Waals surface area contributed by atoms with E-state index in [1.807, 2.05) is 139 Å². The zero-order valence-corrected chi connectivity index (χ0v) is 47.0. The predicted molar refractivity (Wildman–Crippen MR) is 312 cm³/mol. The molecule has 79 heavy (non-hydrogen) atoms. The second-order valence-corrected chi connectivity index (χ2v) is 18.8. The van der Waals surface area contributed by atoms with E-state index in [1.165, 1.54) is 22.3 Å². The number of halogens is 2. The van der Waals surface area contributed by atoms with Crippen molar-refractivity contribution in [2.24, 2.45) is 5.73 Å². The van der Waals surface area contributed by atoms with E-state index in [4.69, 9.17) is 28.9 Å². The molecule has 0 bridgehead atoms. The maximum absolute atomic E-state index is 5.66. The van der Waals surface area contributed by atoms with Crippen LogP contribution in [0.2, 0.25) is 10.3 Å². The molecule has 22 heteroatoms. The highest BCUT2D eigenvalue weighted by atomic mass is 35.5. The van der Waals surface area contributed by atoms with Gasteiger partial charge in [0.25, 0.3) is 0 Å². The number of hydrogen-bond donors (Lipinski definition) is 4. The number of aromatic nitrogens is 16. The number of rotatable bonds is 9. The Bertz CT molecular complexity index is 3540. The van der Waals surface area contributed by atoms with Gasteiger partial charge in [-0.25, -0.2) is 0 Å². The standard InChI is InChI=1S/2C14H15N5.C9H13N.C8H11N.2C6H5ClN4/c2*1-10(12-6-4-3-5-7-12)15-13-8-9-14-17-16-11(2)19(14)18-13;1-8(10-2)9-6-4-3-5-7-9;1-7(9)8-5-3-2-4-6-8;2*1-4-8-9-6-3-2-5(7)10-11(4)6/h2*3-10H,1-2H3,(H,15,18);3-8,10H,1-2H3;2-7H,9H2,1H3;2*2-3H,1H3. The van der Waals surface area contributed by atoms with Crippen LogP contribution in [0.25, 0.3) is 22.6 Å². The van der Waals surface area contributed by atoms with E-state index in [0.717, 1.165) is 46.2 Å². The fourth-order valence-electron chi connectivity index (χ4n) is 7.45. The summed E-state index contributed by atoms with van der Waals surface area (Å²) in [6.07, 6.45) is 0. The maximum Gasteiger partial charge on any atom is 0.178 e. The Kier molecular flexibility index (Phi) is 20.9. The number of nitrogens with two attached hydrogens (primary N) is 1. The third-order valence-electron chi connectivity index (χ3n) is 12.0. The van der Waals surface area contributed by atoms with Crippen LogP contribution < -0.4 is 21.7 Å². The van der Waals surface area contributed by atoms with Gasteiger partial charge in [-0.1, -0.05) is 145 Å². The number of anilines is 2. The topological polar surface area (TPSA) is 234 Å². The molecular formula is C57H64Cl2N20. The molecule has 0 amide bonds. The van der Waals surface area contributed by atoms with E-state index in [-0.39, 0.29) is 18.1 Å². The molecule has 0 aliphatic carbocycles. The third-order valence-corrected chi connectivity index (χ3v) is 12.4. The molecule has 0 saturated heterocycles. The van der Waals surface area contributed by atoms with Crippen molar-refractivity contribution in [3.05, 3.63) is 226 Å². The number of hydrogen-bond acceptors (Lipinski definition) is 16. The lowest BCUT2D eigenvalue weighted by Crippen LogP contribution is -2.11. The van der Waals surface area contributed by atoms with Gasteiger partial charge in [0.05, 0.1) is 0 Å². The normalized spacial score (nSPS) is 12.2. The first kappa shape index (κ1) is 57.9. The van der Waals surface area contributed by atoms with E-state index < -0.39 is 0 Å². The summed E-state index contributed by atoms with van der Waals surface area (Å²) in [7, 11) is 1.97. The summed E-state index contributed by atoms with van der Waals surface area (Å²) < 4.78 is 6.67. The van der Waals surface area contributed by atoms with E-state index in [2.05, 4.69) is 146 Å². The lowest BCUT2D eigenvalue weighted by molar-refractivity contribution is 0.652. The van der Waals surface area contributed by atoms with Gasteiger partial charge in [0.2, 0.25) is 0 Å². The largest absolute Gasteiger partial charge is 0.362 e. The first-order valence-corrected chi connectivity index (χ1v) is 26.2. The monoisotopic (exact) mass is 1100 g/mol. The van der Waals surface area contributed by atoms with Crippen molar-refractivity contribution in [3.63, 3.8) is 0 Å². The van der Waals surface area contributed by atoms with Gasteiger partial charge >= 0.3 is 0 Å². The second kappa shape index (κ2) is 28.5. The summed E-state index contributed by atoms with van der Waals surface area (Å²) in [6, 6.07) is 56.6. The van der Waals surface area contributed by atoms with E-state index >= 15 is 0 Å². The smallest absolute Gasteiger partial charge is 0.178 e. The summed E-state index contributed by atoms with van der Waals surface area (Å²) in [4.78, 5) is 0. The molecule has 0 saturated carbocycles. The van der Waals surface area contributed by atoms with E-state index in [0.29, 0.717) is 27.6 Å². The van der Waals surface area contributed by atoms with E-state index in [9.17, 15) is 0 Å². The fourth-order valence-corrected chi connectivity index (χ4v) is 7.73. The lowest BCUT2D eigenvalue weighted by Gasteiger charge is -2.14. The van der Waals surface area contributed by atoms with Gasteiger partial charge < -0.3 is 21.7 Å². The number of aryl methyl sites for hydroxylation is 4. The molecule has 5 N–H and O–H groups in total. The Balaban J connectivity index is 0.000000141. The molecule has 0 radical (unpaired) electrons. The number of fused-ring (bicyclic) bond motifs is 4. The molecule has 4 atom stereocenters. The highest BCUT2D eigenvalue weighted by molar-refractivity contribution is 6.29. The first-order valence-electron chi connectivity index (χ1n) is 25.4. The second-order valence-electron chi connectivity index (χ2n) is 18.0. The molecule has 4 unspecified atom stereocenters. The molecule has 12 aromatic rings. The number of benzene rings is 4. The van der Waals surface area contributed by atoms with Crippen LogP contribution in [0.3, 0.4) is 0 Å². The molecule has 4 aromatic carbocycles. The quantitative estimate of drug-likeness (QED) is 0.105. The minimum absolute atomic E-state index is 0.159. The Morgan fingerprint density at radius 1 is 0.354 bits per heavy atom. The van der Waals surface area contributed by atoms with Crippen molar-refractivity contribution in [2.75, 3.05) is 17.7 Å². The molecule has 0 fully saturated rings. The van der Waals surface area contributed by atoms with Crippen molar-refractivity contribution in [1.82, 2.24) is 84.6 Å². The van der Waals surface area contributed by atoms with Crippen LogP contribution in [0.1, 0.15) is 97.4 Å². The maximum atomic E-state index is 5.66. The van der Waals surface area contributed by atoms with E-state index in [1.54, 1.807) is 42.3 Å². The van der Waals surface area contributed by atoms with Gasteiger partial charge in [0.1, 0.15) is 21.9 Å². The Hall–Kier alpha value is -8.82. The molecule has 0 aliphatic heterocycles. The Morgan fingerprint density at radius 3 is 0.924 bits per heavy atom. The van der Waals surface area contributed by atoms with Crippen molar-refractivity contribution in [3.8, 4) is 0 Å². The Morgan fingerprint density at radius 2 is 0.633 bits per heavy atom. The molecule has 12 rings (SSSR count). The van der Waals surface area contributed by atoms with Gasteiger partial charge in [-0.2, -0.15) is 28.3 Å². The fraction of sp³-hybridized carbons (Fsp3) is 0.228. The lowest BCUT2D eigenvalue weighted by atomic mass is 10.1. The summed E-state index contributed by atoms with van der Waals surface area (Å²) in [5, 5.41) is 59.2. The van der Waals surface area contributed by atoms with Crippen LogP contribution >= 0.6 is 23.2 Å². The molecule has 0 spiro atoms. The average Bonchev–Trinajstić information content (AvgIpc) is 4.31. The summed E-state index contributed by atoms with van der Waals surface area (Å²) in [5.41, 5.74) is 13.5. The minimum Gasteiger partial charge on any atom is -0.362 e. The van der Waals surface area contributed by atoms with Crippen LogP contribution in [0.15, 0.2) is 170 Å². The van der Waals surface area contributed by atoms with Crippen molar-refractivity contribution in [1.29, 1.82) is 0 Å². The van der Waals surface area contributed by atoms with Gasteiger partial charge in [0, 0.05) is 24.2 Å². The van der Waals surface area contributed by atoms with Crippen molar-refractivity contribution in [2.45, 2.75) is 79.6 Å². The van der Waals surface area contributed by atoms with Gasteiger partial charge in [-0.3, -0.25) is 0 Å². The van der Waals surface area contributed by atoms with Crippen LogP contribution in [0, 0.1) is 27.7 Å². The highest BCUT2D eigenvalue weighted by Crippen LogP contribution is 2.20. The summed E-state index contributed by atoms with van der Waals surface area (Å²) in [6.45, 7) is 15.8. The predicted octanol–water partition coefficient (Wildman–Crippen LogP) is 11.1. The SMILES string of the molecule is CC(N)c1ccccc1.CNC(C)c1ccccc1.Cc1nnc2ccc(Cl)nn12.Cc1nnc2ccc(Cl)nn12.Cc1nnc2ccc(NC(C)c3ccccc3)nn12.Cc1nnc2ccc(NC(C)c3ccccc3)nn12. The first-order chi connectivity index (χ1) is 38.2. The van der Waals surface area contributed by atoms with Crippen molar-refractivity contribution < 1.29 is 0 Å². The third kappa shape index (κ3) is 16.6. The van der Waals surface area contributed by atoms with Gasteiger partial charge in [-0.05, 0) is 133 Å². The zero-order chi connectivity index (χ0) is 56.3. The summed E-state index contributed by atoms with van der Waals surface area (Å²) >= 11 is 11.3. The molecule has 8 heterocycles. The van der Waals surface area contributed by atoms with Crippen molar-refractivity contribution >= 4 is 57.4 Å². The van der Waals surface area contributed by atoms with Crippen LogP contribution in [-0.2, 0) is 0 Å². The molecule has 0 aliphatic rings.